The van der Waals surface area contributed by atoms with E-state index in [-0.39, 0.29) is 18.1 Å². The van der Waals surface area contributed by atoms with Crippen LogP contribution in [0.1, 0.15) is 32.3 Å². The molecule has 5 nitrogen and oxygen atoms in total. The summed E-state index contributed by atoms with van der Waals surface area (Å²) in [5.41, 5.74) is 0.954. The summed E-state index contributed by atoms with van der Waals surface area (Å²) in [5, 5.41) is 3.27. The van der Waals surface area contributed by atoms with Crippen molar-refractivity contribution in [1.82, 2.24) is 10.3 Å². The molecular weight excluding hydrogens is 256 g/mol. The number of nitrogens with zero attached hydrogens (tertiary/aromatic N) is 1. The lowest BCUT2D eigenvalue weighted by atomic mass is 10.1. The van der Waals surface area contributed by atoms with Gasteiger partial charge in [-0.1, -0.05) is 6.07 Å². The van der Waals surface area contributed by atoms with E-state index in [1.54, 1.807) is 6.20 Å². The molecule has 0 bridgehead atoms. The number of nitrogens with one attached hydrogen (secondary N) is 1. The maximum absolute atomic E-state index is 11.7. The first-order chi connectivity index (χ1) is 9.61. The number of ether oxygens (including phenoxy) is 2. The number of carbonyl (C=O) groups is 1. The number of carbonyl (C=O) groups excluding carboxylic acids is 1. The maximum Gasteiger partial charge on any atom is 0.323 e. The van der Waals surface area contributed by atoms with Crippen LogP contribution in [-0.2, 0) is 16.1 Å². The zero-order valence-corrected chi connectivity index (χ0v) is 12.3. The van der Waals surface area contributed by atoms with Gasteiger partial charge in [-0.2, -0.15) is 0 Å². The minimum Gasteiger partial charge on any atom is -0.475 e. The largest absolute Gasteiger partial charge is 0.475 e. The van der Waals surface area contributed by atoms with Gasteiger partial charge in [0.1, 0.15) is 6.04 Å². The fourth-order valence-electron chi connectivity index (χ4n) is 2.11. The summed E-state index contributed by atoms with van der Waals surface area (Å²) in [6.45, 7) is 4.48. The van der Waals surface area contributed by atoms with Gasteiger partial charge in [0.2, 0.25) is 5.88 Å². The molecule has 1 saturated carbocycles. The summed E-state index contributed by atoms with van der Waals surface area (Å²) in [6.07, 6.45) is 3.94. The van der Waals surface area contributed by atoms with Gasteiger partial charge in [-0.25, -0.2) is 4.98 Å². The molecule has 1 heterocycles. The second-order valence-corrected chi connectivity index (χ2v) is 5.35. The van der Waals surface area contributed by atoms with E-state index in [0.29, 0.717) is 18.3 Å². The van der Waals surface area contributed by atoms with Crippen LogP contribution in [0.15, 0.2) is 18.3 Å². The highest BCUT2D eigenvalue weighted by Crippen LogP contribution is 2.33. The molecule has 0 radical (unpaired) electrons. The molecule has 1 N–H and O–H groups in total. The Hall–Kier alpha value is -1.62. The van der Waals surface area contributed by atoms with Gasteiger partial charge in [0.15, 0.2) is 0 Å². The van der Waals surface area contributed by atoms with Crippen LogP contribution in [0, 0.1) is 5.92 Å². The van der Waals surface area contributed by atoms with Gasteiger partial charge in [0, 0.05) is 18.3 Å². The highest BCUT2D eigenvalue weighted by molar-refractivity contribution is 5.76. The van der Waals surface area contributed by atoms with Crippen molar-refractivity contribution in [1.29, 1.82) is 0 Å². The number of hydrogen-bond acceptors (Lipinski definition) is 5. The average Bonchev–Trinajstić information content (AvgIpc) is 3.24. The average molecular weight is 278 g/mol. The highest BCUT2D eigenvalue weighted by atomic mass is 16.5. The van der Waals surface area contributed by atoms with Crippen LogP contribution in [0.4, 0.5) is 0 Å². The van der Waals surface area contributed by atoms with Crippen molar-refractivity contribution in [2.24, 2.45) is 5.92 Å². The minimum absolute atomic E-state index is 0.0727. The van der Waals surface area contributed by atoms with Crippen molar-refractivity contribution >= 4 is 5.97 Å². The summed E-state index contributed by atoms with van der Waals surface area (Å²) < 4.78 is 10.5. The predicted molar refractivity (Wildman–Crippen MR) is 75.4 cm³/mol. The SMILES string of the molecule is COC(=O)C(NCc1cccnc1OC(C)C)C1CC1. The van der Waals surface area contributed by atoms with Gasteiger partial charge >= 0.3 is 5.97 Å². The van der Waals surface area contributed by atoms with E-state index < -0.39 is 0 Å². The Balaban J connectivity index is 2.00. The fourth-order valence-corrected chi connectivity index (χ4v) is 2.11. The Morgan fingerprint density at radius 1 is 1.50 bits per heavy atom. The standard InChI is InChI=1S/C15H22N2O3/c1-10(2)20-14-12(5-4-8-16-14)9-17-13(11-6-7-11)15(18)19-3/h4-5,8,10-11,13,17H,6-7,9H2,1-3H3. The summed E-state index contributed by atoms with van der Waals surface area (Å²) in [7, 11) is 1.43. The molecule has 1 atom stereocenters. The van der Waals surface area contributed by atoms with Crippen LogP contribution < -0.4 is 10.1 Å². The van der Waals surface area contributed by atoms with Crippen LogP contribution in [0.2, 0.25) is 0 Å². The zero-order chi connectivity index (χ0) is 14.5. The maximum atomic E-state index is 11.7. The lowest BCUT2D eigenvalue weighted by molar-refractivity contribution is -0.143. The lowest BCUT2D eigenvalue weighted by Crippen LogP contribution is -2.39. The predicted octanol–water partition coefficient (Wildman–Crippen LogP) is 1.91. The van der Waals surface area contributed by atoms with Crippen molar-refractivity contribution < 1.29 is 14.3 Å². The van der Waals surface area contributed by atoms with Gasteiger partial charge in [0.05, 0.1) is 13.2 Å². The second kappa shape index (κ2) is 6.70. The highest BCUT2D eigenvalue weighted by Gasteiger charge is 2.36. The third-order valence-corrected chi connectivity index (χ3v) is 3.26. The van der Waals surface area contributed by atoms with Crippen LogP contribution in [0.5, 0.6) is 5.88 Å². The van der Waals surface area contributed by atoms with E-state index in [0.717, 1.165) is 18.4 Å². The Kier molecular flexibility index (Phi) is 4.95. The summed E-state index contributed by atoms with van der Waals surface area (Å²) >= 11 is 0. The van der Waals surface area contributed by atoms with Gasteiger partial charge in [0.25, 0.3) is 0 Å². The van der Waals surface area contributed by atoms with Crippen LogP contribution >= 0.6 is 0 Å². The molecule has 1 aromatic rings. The van der Waals surface area contributed by atoms with E-state index in [2.05, 4.69) is 10.3 Å². The molecule has 0 aliphatic heterocycles. The number of aromatic nitrogens is 1. The number of esters is 1. The third kappa shape index (κ3) is 3.93. The number of methoxy groups -OCH3 is 1. The molecule has 20 heavy (non-hydrogen) atoms. The van der Waals surface area contributed by atoms with E-state index in [1.165, 1.54) is 7.11 Å². The number of pyridine rings is 1. The van der Waals surface area contributed by atoms with Gasteiger partial charge in [-0.3, -0.25) is 10.1 Å². The molecule has 110 valence electrons. The molecule has 2 rings (SSSR count). The lowest BCUT2D eigenvalue weighted by Gasteiger charge is -2.17. The Morgan fingerprint density at radius 3 is 2.85 bits per heavy atom. The van der Waals surface area contributed by atoms with Crippen LogP contribution in [-0.4, -0.2) is 30.2 Å². The van der Waals surface area contributed by atoms with Gasteiger partial charge in [-0.15, -0.1) is 0 Å². The fraction of sp³-hybridized carbons (Fsp3) is 0.600. The van der Waals surface area contributed by atoms with Crippen molar-refractivity contribution in [2.75, 3.05) is 7.11 Å². The Morgan fingerprint density at radius 2 is 2.25 bits per heavy atom. The molecule has 1 aliphatic carbocycles. The summed E-state index contributed by atoms with van der Waals surface area (Å²) in [6, 6.07) is 3.60. The quantitative estimate of drug-likeness (QED) is 0.772. The second-order valence-electron chi connectivity index (χ2n) is 5.35. The van der Waals surface area contributed by atoms with Crippen molar-refractivity contribution in [3.63, 3.8) is 0 Å². The summed E-state index contributed by atoms with van der Waals surface area (Å²) in [5.74, 6) is 0.825. The molecule has 1 fully saturated rings. The topological polar surface area (TPSA) is 60.5 Å². The van der Waals surface area contributed by atoms with Gasteiger partial charge < -0.3 is 9.47 Å². The van der Waals surface area contributed by atoms with Crippen LogP contribution in [0.3, 0.4) is 0 Å². The van der Waals surface area contributed by atoms with Crippen molar-refractivity contribution in [2.45, 2.75) is 45.4 Å². The van der Waals surface area contributed by atoms with E-state index in [4.69, 9.17) is 9.47 Å². The van der Waals surface area contributed by atoms with Crippen LogP contribution in [0.25, 0.3) is 0 Å². The minimum atomic E-state index is -0.230. The van der Waals surface area contributed by atoms with E-state index >= 15 is 0 Å². The first-order valence-corrected chi connectivity index (χ1v) is 7.03. The third-order valence-electron chi connectivity index (χ3n) is 3.26. The molecule has 5 heteroatoms. The molecule has 1 unspecified atom stereocenters. The molecule has 0 saturated heterocycles. The molecule has 0 aromatic carbocycles. The normalized spacial score (nSPS) is 16.0. The monoisotopic (exact) mass is 278 g/mol. The van der Waals surface area contributed by atoms with Gasteiger partial charge in [-0.05, 0) is 38.7 Å². The zero-order valence-electron chi connectivity index (χ0n) is 12.3. The first kappa shape index (κ1) is 14.8. The van der Waals surface area contributed by atoms with E-state index in [1.807, 2.05) is 26.0 Å². The smallest absolute Gasteiger partial charge is 0.323 e. The number of hydrogen-bond donors (Lipinski definition) is 1. The Labute approximate surface area is 119 Å². The van der Waals surface area contributed by atoms with Crippen molar-refractivity contribution in [3.05, 3.63) is 23.9 Å². The van der Waals surface area contributed by atoms with E-state index in [9.17, 15) is 4.79 Å². The number of rotatable bonds is 7. The Bertz CT molecular complexity index is 458. The molecule has 0 spiro atoms. The van der Waals surface area contributed by atoms with Crippen molar-refractivity contribution in [3.8, 4) is 5.88 Å². The summed E-state index contributed by atoms with van der Waals surface area (Å²) in [4.78, 5) is 16.0. The molecular formula is C15H22N2O3. The molecule has 0 amide bonds. The molecule has 1 aromatic heterocycles. The first-order valence-electron chi connectivity index (χ1n) is 7.03. The molecule has 1 aliphatic rings.